The van der Waals surface area contributed by atoms with Gasteiger partial charge in [-0.3, -0.25) is 14.7 Å². The van der Waals surface area contributed by atoms with E-state index in [9.17, 15) is 0 Å². The number of hydrogen-bond acceptors (Lipinski definition) is 4. The average Bonchev–Trinajstić information content (AvgIpc) is 2.22. The summed E-state index contributed by atoms with van der Waals surface area (Å²) < 4.78 is 0. The van der Waals surface area contributed by atoms with Crippen molar-refractivity contribution >= 4 is 0 Å². The lowest BCUT2D eigenvalue weighted by Gasteiger charge is -2.49. The molecule has 18 heavy (non-hydrogen) atoms. The monoisotopic (exact) mass is 256 g/mol. The van der Waals surface area contributed by atoms with Crippen LogP contribution in [0.5, 0.6) is 0 Å². The Kier molecular flexibility index (Phi) is 6.05. The van der Waals surface area contributed by atoms with Crippen LogP contribution >= 0.6 is 0 Å². The predicted octanol–water partition coefficient (Wildman–Crippen LogP) is 1.20. The molecule has 4 nitrogen and oxygen atoms in total. The van der Waals surface area contributed by atoms with Crippen LogP contribution in [0.25, 0.3) is 0 Å². The second kappa shape index (κ2) is 6.85. The first-order chi connectivity index (χ1) is 8.34. The van der Waals surface area contributed by atoms with Gasteiger partial charge < -0.3 is 4.90 Å². The third-order valence-electron chi connectivity index (χ3n) is 3.86. The molecule has 0 saturated carbocycles. The molecule has 4 heteroatoms. The number of likely N-dealkylation sites (N-methyl/N-ethyl adjacent to an activating group) is 1. The minimum Gasteiger partial charge on any atom is -0.304 e. The first kappa shape index (κ1) is 15.9. The molecule has 1 heterocycles. The zero-order valence-electron chi connectivity index (χ0n) is 13.3. The van der Waals surface area contributed by atoms with E-state index in [1.54, 1.807) is 0 Å². The molecule has 0 aromatic heterocycles. The molecule has 0 aromatic carbocycles. The summed E-state index contributed by atoms with van der Waals surface area (Å²) in [4.78, 5) is 10.0. The largest absolute Gasteiger partial charge is 0.304 e. The van der Waals surface area contributed by atoms with Gasteiger partial charge in [0, 0.05) is 38.3 Å². The van der Waals surface area contributed by atoms with Crippen molar-refractivity contribution in [3.05, 3.63) is 0 Å². The smallest absolute Gasteiger partial charge is 0.119 e. The van der Waals surface area contributed by atoms with E-state index in [0.29, 0.717) is 18.4 Å². The van der Waals surface area contributed by atoms with Crippen molar-refractivity contribution in [2.24, 2.45) is 0 Å². The fourth-order valence-electron chi connectivity index (χ4n) is 2.75. The molecule has 1 fully saturated rings. The summed E-state index contributed by atoms with van der Waals surface area (Å²) >= 11 is 0. The van der Waals surface area contributed by atoms with Gasteiger partial charge >= 0.3 is 0 Å². The lowest BCUT2D eigenvalue weighted by Crippen LogP contribution is -2.63. The van der Waals surface area contributed by atoms with Crippen LogP contribution in [0.3, 0.4) is 0 Å². The zero-order chi connectivity index (χ0) is 13.9. The van der Waals surface area contributed by atoms with E-state index >= 15 is 0 Å². The minimum absolute atomic E-state index is 0.415. The van der Waals surface area contributed by atoms with E-state index in [1.165, 1.54) is 0 Å². The van der Waals surface area contributed by atoms with Crippen LogP contribution < -0.4 is 0 Å². The maximum atomic E-state index is 2.61. The molecule has 0 aromatic rings. The Hall–Kier alpha value is -0.160. The fourth-order valence-corrected chi connectivity index (χ4v) is 2.75. The Morgan fingerprint density at radius 2 is 1.22 bits per heavy atom. The van der Waals surface area contributed by atoms with Crippen LogP contribution in [0.2, 0.25) is 0 Å². The Bertz CT molecular complexity index is 220. The van der Waals surface area contributed by atoms with Gasteiger partial charge in [-0.05, 0) is 48.8 Å². The number of nitrogens with zero attached hydrogens (tertiary/aromatic N) is 4. The SMILES string of the molecule is CC(C)N1CCN(C)CCN(C(C)C)C1N(C)C. The van der Waals surface area contributed by atoms with Crippen LogP contribution in [-0.4, -0.2) is 85.3 Å². The van der Waals surface area contributed by atoms with Gasteiger partial charge in [0.1, 0.15) is 6.29 Å². The molecule has 0 bridgehead atoms. The summed E-state index contributed by atoms with van der Waals surface area (Å²) in [6, 6.07) is 1.15. The molecule has 0 N–H and O–H groups in total. The summed E-state index contributed by atoms with van der Waals surface area (Å²) in [5, 5.41) is 0. The second-order valence-corrected chi connectivity index (χ2v) is 6.28. The maximum Gasteiger partial charge on any atom is 0.119 e. The van der Waals surface area contributed by atoms with Gasteiger partial charge in [0.15, 0.2) is 0 Å². The normalized spacial score (nSPS) is 23.0. The zero-order valence-corrected chi connectivity index (χ0v) is 13.3. The molecule has 0 aliphatic carbocycles. The lowest BCUT2D eigenvalue weighted by molar-refractivity contribution is -0.0922. The van der Waals surface area contributed by atoms with Crippen molar-refractivity contribution in [1.82, 2.24) is 19.6 Å². The van der Waals surface area contributed by atoms with Crippen LogP contribution in [0.15, 0.2) is 0 Å². The molecule has 1 saturated heterocycles. The summed E-state index contributed by atoms with van der Waals surface area (Å²) in [5.41, 5.74) is 0. The van der Waals surface area contributed by atoms with Crippen LogP contribution in [0.1, 0.15) is 27.7 Å². The number of rotatable bonds is 3. The van der Waals surface area contributed by atoms with E-state index in [-0.39, 0.29) is 0 Å². The Morgan fingerprint density at radius 1 is 0.833 bits per heavy atom. The highest BCUT2D eigenvalue weighted by molar-refractivity contribution is 4.80. The molecule has 1 aliphatic heterocycles. The van der Waals surface area contributed by atoms with Crippen molar-refractivity contribution in [1.29, 1.82) is 0 Å². The molecular formula is C14H32N4. The molecule has 0 spiro atoms. The third kappa shape index (κ3) is 3.92. The van der Waals surface area contributed by atoms with Crippen LogP contribution in [0.4, 0.5) is 0 Å². The first-order valence-electron chi connectivity index (χ1n) is 7.21. The minimum atomic E-state index is 0.415. The molecule has 1 rings (SSSR count). The van der Waals surface area contributed by atoms with Crippen LogP contribution in [-0.2, 0) is 0 Å². The third-order valence-corrected chi connectivity index (χ3v) is 3.86. The lowest BCUT2D eigenvalue weighted by atomic mass is 10.2. The molecule has 0 atom stereocenters. The summed E-state index contributed by atoms with van der Waals surface area (Å²) in [7, 11) is 6.62. The Balaban J connectivity index is 2.95. The first-order valence-corrected chi connectivity index (χ1v) is 7.21. The highest BCUT2D eigenvalue weighted by atomic mass is 15.5. The Morgan fingerprint density at radius 3 is 1.50 bits per heavy atom. The van der Waals surface area contributed by atoms with Crippen molar-refractivity contribution in [3.8, 4) is 0 Å². The highest BCUT2D eigenvalue weighted by Crippen LogP contribution is 2.17. The van der Waals surface area contributed by atoms with Gasteiger partial charge in [-0.1, -0.05) is 0 Å². The average molecular weight is 256 g/mol. The molecule has 0 radical (unpaired) electrons. The van der Waals surface area contributed by atoms with Crippen molar-refractivity contribution in [2.75, 3.05) is 47.3 Å². The second-order valence-electron chi connectivity index (χ2n) is 6.28. The summed E-state index contributed by atoms with van der Waals surface area (Å²) in [5.74, 6) is 0. The standard InChI is InChI=1S/C14H32N4/c1-12(2)17-10-8-16(7)9-11-18(13(3)4)14(17)15(5)6/h12-14H,8-11H2,1-7H3. The maximum absolute atomic E-state index is 2.61. The van der Waals surface area contributed by atoms with Gasteiger partial charge in [0.25, 0.3) is 0 Å². The van der Waals surface area contributed by atoms with E-state index < -0.39 is 0 Å². The summed E-state index contributed by atoms with van der Waals surface area (Å²) in [6.45, 7) is 13.8. The van der Waals surface area contributed by atoms with E-state index in [4.69, 9.17) is 0 Å². The van der Waals surface area contributed by atoms with Gasteiger partial charge in [-0.25, -0.2) is 0 Å². The predicted molar refractivity (Wildman–Crippen MR) is 78.7 cm³/mol. The van der Waals surface area contributed by atoms with Gasteiger partial charge in [0.2, 0.25) is 0 Å². The highest BCUT2D eigenvalue weighted by Gasteiger charge is 2.32. The summed E-state index contributed by atoms with van der Waals surface area (Å²) in [6.07, 6.45) is 0.415. The molecule has 108 valence electrons. The fraction of sp³-hybridized carbons (Fsp3) is 1.00. The Labute approximate surface area is 114 Å². The molecular weight excluding hydrogens is 224 g/mol. The van der Waals surface area contributed by atoms with Crippen molar-refractivity contribution in [2.45, 2.75) is 46.1 Å². The molecule has 1 aliphatic rings. The van der Waals surface area contributed by atoms with E-state index in [2.05, 4.69) is 68.4 Å². The van der Waals surface area contributed by atoms with Crippen LogP contribution in [0, 0.1) is 0 Å². The molecule has 0 amide bonds. The quantitative estimate of drug-likeness (QED) is 0.752. The van der Waals surface area contributed by atoms with E-state index in [0.717, 1.165) is 26.2 Å². The van der Waals surface area contributed by atoms with Crippen molar-refractivity contribution < 1.29 is 0 Å². The molecule has 0 unspecified atom stereocenters. The topological polar surface area (TPSA) is 13.0 Å². The van der Waals surface area contributed by atoms with Gasteiger partial charge in [-0.15, -0.1) is 0 Å². The number of hydrogen-bond donors (Lipinski definition) is 0. The van der Waals surface area contributed by atoms with Gasteiger partial charge in [0.05, 0.1) is 0 Å². The van der Waals surface area contributed by atoms with E-state index in [1.807, 2.05) is 0 Å². The van der Waals surface area contributed by atoms with Crippen molar-refractivity contribution in [3.63, 3.8) is 0 Å². The van der Waals surface area contributed by atoms with Gasteiger partial charge in [-0.2, -0.15) is 0 Å².